The molecule has 6 heteroatoms. The van der Waals surface area contributed by atoms with Gasteiger partial charge in [0, 0.05) is 18.8 Å². The van der Waals surface area contributed by atoms with Gasteiger partial charge in [-0.2, -0.15) is 0 Å². The van der Waals surface area contributed by atoms with E-state index < -0.39 is 0 Å². The van der Waals surface area contributed by atoms with E-state index in [4.69, 9.17) is 18.0 Å². The summed E-state index contributed by atoms with van der Waals surface area (Å²) in [4.78, 5) is 18.0. The summed E-state index contributed by atoms with van der Waals surface area (Å²) in [6.07, 6.45) is 1.66. The first kappa shape index (κ1) is 15.5. The lowest BCUT2D eigenvalue weighted by Crippen LogP contribution is -2.38. The normalized spacial score (nSPS) is 10.8. The molecule has 0 atom stereocenters. The highest BCUT2D eigenvalue weighted by Crippen LogP contribution is 2.08. The Morgan fingerprint density at radius 2 is 2.26 bits per heavy atom. The number of pyridine rings is 1. The monoisotopic (exact) mass is 280 g/mol. The fourth-order valence-electron chi connectivity index (χ4n) is 1.75. The first-order valence-electron chi connectivity index (χ1n) is 6.11. The molecule has 0 aliphatic rings. The van der Waals surface area contributed by atoms with Crippen LogP contribution in [0.4, 0.5) is 0 Å². The summed E-state index contributed by atoms with van der Waals surface area (Å²) in [6.45, 7) is 4.77. The fourth-order valence-corrected chi connectivity index (χ4v) is 1.93. The first-order chi connectivity index (χ1) is 8.90. The molecule has 0 fully saturated rings. The zero-order chi connectivity index (χ0) is 14.4. The third-order valence-electron chi connectivity index (χ3n) is 2.43. The molecule has 1 rings (SSSR count). The third-order valence-corrected chi connectivity index (χ3v) is 2.62. The van der Waals surface area contributed by atoms with Gasteiger partial charge in [-0.1, -0.05) is 18.3 Å². The molecular weight excluding hydrogens is 260 g/mol. The molecule has 0 radical (unpaired) electrons. The molecule has 0 spiro atoms. The second-order valence-electron chi connectivity index (χ2n) is 4.77. The summed E-state index contributed by atoms with van der Waals surface area (Å²) in [5.41, 5.74) is 7.17. The minimum atomic E-state index is -0.00161. The Labute approximate surface area is 119 Å². The Balaban J connectivity index is 2.64. The van der Waals surface area contributed by atoms with Crippen LogP contribution in [-0.4, -0.2) is 40.4 Å². The van der Waals surface area contributed by atoms with E-state index in [9.17, 15) is 4.79 Å². The van der Waals surface area contributed by atoms with Crippen LogP contribution in [0.3, 0.4) is 0 Å². The number of hydrogen-bond acceptors (Lipinski definition) is 4. The topological polar surface area (TPSA) is 71.2 Å². The van der Waals surface area contributed by atoms with Crippen molar-refractivity contribution in [1.29, 1.82) is 0 Å². The number of nitrogens with one attached hydrogen (secondary N) is 1. The van der Waals surface area contributed by atoms with Gasteiger partial charge in [-0.05, 0) is 32.5 Å². The zero-order valence-corrected chi connectivity index (χ0v) is 12.3. The molecule has 0 saturated carbocycles. The number of carbonyl (C=O) groups is 1. The van der Waals surface area contributed by atoms with Crippen LogP contribution in [-0.2, 0) is 11.3 Å². The molecule has 3 N–H and O–H groups in total. The molecular formula is C13H20N4OS. The van der Waals surface area contributed by atoms with Gasteiger partial charge >= 0.3 is 0 Å². The summed E-state index contributed by atoms with van der Waals surface area (Å²) in [5.74, 6) is -0.00161. The first-order valence-corrected chi connectivity index (χ1v) is 6.52. The molecule has 0 saturated heterocycles. The molecule has 0 aromatic carbocycles. The number of thiocarbonyl (C=S) groups is 1. The van der Waals surface area contributed by atoms with Crippen molar-refractivity contribution in [2.75, 3.05) is 13.6 Å². The lowest BCUT2D eigenvalue weighted by molar-refractivity contribution is -0.122. The van der Waals surface area contributed by atoms with Crippen LogP contribution in [0.15, 0.2) is 18.3 Å². The molecule has 0 aliphatic heterocycles. The standard InChI is InChI=1S/C13H20N4OS/c1-9(2)16-11(18)8-17(3)7-10-5-4-6-15-12(10)13(14)19/h4-6,9H,7-8H2,1-3H3,(H2,14,19)(H,16,18). The maximum Gasteiger partial charge on any atom is 0.234 e. The molecule has 5 nitrogen and oxygen atoms in total. The number of nitrogens with zero attached hydrogens (tertiary/aromatic N) is 2. The van der Waals surface area contributed by atoms with E-state index in [1.807, 2.05) is 37.9 Å². The zero-order valence-electron chi connectivity index (χ0n) is 11.5. The van der Waals surface area contributed by atoms with Crippen molar-refractivity contribution < 1.29 is 4.79 Å². The Morgan fingerprint density at radius 3 is 2.84 bits per heavy atom. The van der Waals surface area contributed by atoms with Gasteiger partial charge < -0.3 is 11.1 Å². The van der Waals surface area contributed by atoms with Crippen LogP contribution in [0.5, 0.6) is 0 Å². The number of nitrogens with two attached hydrogens (primary N) is 1. The second kappa shape index (κ2) is 7.16. The highest BCUT2D eigenvalue weighted by Gasteiger charge is 2.11. The highest BCUT2D eigenvalue weighted by atomic mass is 32.1. The van der Waals surface area contributed by atoms with E-state index in [1.165, 1.54) is 0 Å². The van der Waals surface area contributed by atoms with Crippen LogP contribution in [0.25, 0.3) is 0 Å². The van der Waals surface area contributed by atoms with Crippen LogP contribution < -0.4 is 11.1 Å². The van der Waals surface area contributed by atoms with Gasteiger partial charge in [0.15, 0.2) is 0 Å². The maximum atomic E-state index is 11.7. The minimum Gasteiger partial charge on any atom is -0.388 e. The molecule has 104 valence electrons. The third kappa shape index (κ3) is 5.32. The number of hydrogen-bond donors (Lipinski definition) is 2. The average Bonchev–Trinajstić information content (AvgIpc) is 2.27. The molecule has 0 bridgehead atoms. The molecule has 1 heterocycles. The van der Waals surface area contributed by atoms with Crippen molar-refractivity contribution in [2.45, 2.75) is 26.4 Å². The van der Waals surface area contributed by atoms with Gasteiger partial charge in [-0.3, -0.25) is 14.7 Å². The van der Waals surface area contributed by atoms with E-state index in [-0.39, 0.29) is 16.9 Å². The van der Waals surface area contributed by atoms with Gasteiger partial charge in [0.25, 0.3) is 0 Å². The summed E-state index contributed by atoms with van der Waals surface area (Å²) >= 11 is 4.96. The molecule has 1 aromatic rings. The van der Waals surface area contributed by atoms with Crippen LogP contribution in [0, 0.1) is 0 Å². The van der Waals surface area contributed by atoms with Gasteiger partial charge in [-0.15, -0.1) is 0 Å². The van der Waals surface area contributed by atoms with Gasteiger partial charge in [-0.25, -0.2) is 0 Å². The van der Waals surface area contributed by atoms with Gasteiger partial charge in [0.05, 0.1) is 6.54 Å². The maximum absolute atomic E-state index is 11.7. The van der Waals surface area contributed by atoms with Gasteiger partial charge in [0.2, 0.25) is 5.91 Å². The molecule has 0 aliphatic carbocycles. The lowest BCUT2D eigenvalue weighted by atomic mass is 10.2. The fraction of sp³-hybridized carbons (Fsp3) is 0.462. The predicted molar refractivity (Wildman–Crippen MR) is 79.7 cm³/mol. The summed E-state index contributed by atoms with van der Waals surface area (Å²) in [5, 5.41) is 2.85. The van der Waals surface area contributed by atoms with Crippen LogP contribution >= 0.6 is 12.2 Å². The molecule has 1 amide bonds. The van der Waals surface area contributed by atoms with Crippen molar-refractivity contribution in [1.82, 2.24) is 15.2 Å². The number of amides is 1. The van der Waals surface area contributed by atoms with E-state index >= 15 is 0 Å². The Bertz CT molecular complexity index is 462. The van der Waals surface area contributed by atoms with Crippen molar-refractivity contribution in [3.05, 3.63) is 29.6 Å². The minimum absolute atomic E-state index is 0.00161. The van der Waals surface area contributed by atoms with Crippen molar-refractivity contribution in [2.24, 2.45) is 5.73 Å². The van der Waals surface area contributed by atoms with Crippen molar-refractivity contribution in [3.8, 4) is 0 Å². The SMILES string of the molecule is CC(C)NC(=O)CN(C)Cc1cccnc1C(N)=S. The Kier molecular flexibility index (Phi) is 5.85. The lowest BCUT2D eigenvalue weighted by Gasteiger charge is -2.18. The predicted octanol–water partition coefficient (Wildman–Crippen LogP) is 0.672. The highest BCUT2D eigenvalue weighted by molar-refractivity contribution is 7.80. The summed E-state index contributed by atoms with van der Waals surface area (Å²) in [7, 11) is 1.87. The van der Waals surface area contributed by atoms with E-state index in [1.54, 1.807) is 6.20 Å². The number of aromatic nitrogens is 1. The smallest absolute Gasteiger partial charge is 0.234 e. The molecule has 1 aromatic heterocycles. The van der Waals surface area contributed by atoms with Crippen molar-refractivity contribution >= 4 is 23.1 Å². The van der Waals surface area contributed by atoms with E-state index in [0.717, 1.165) is 5.56 Å². The molecule has 0 unspecified atom stereocenters. The quantitative estimate of drug-likeness (QED) is 0.750. The summed E-state index contributed by atoms with van der Waals surface area (Å²) < 4.78 is 0. The van der Waals surface area contributed by atoms with Crippen LogP contribution in [0.2, 0.25) is 0 Å². The molecule has 19 heavy (non-hydrogen) atoms. The van der Waals surface area contributed by atoms with Gasteiger partial charge in [0.1, 0.15) is 10.7 Å². The Morgan fingerprint density at radius 1 is 1.58 bits per heavy atom. The van der Waals surface area contributed by atoms with Crippen molar-refractivity contribution in [3.63, 3.8) is 0 Å². The number of rotatable bonds is 6. The average molecular weight is 280 g/mol. The second-order valence-corrected chi connectivity index (χ2v) is 5.21. The number of likely N-dealkylation sites (N-methyl/N-ethyl adjacent to an activating group) is 1. The van der Waals surface area contributed by atoms with Crippen LogP contribution in [0.1, 0.15) is 25.1 Å². The van der Waals surface area contributed by atoms with E-state index in [0.29, 0.717) is 18.8 Å². The number of carbonyl (C=O) groups excluding carboxylic acids is 1. The Hall–Kier alpha value is -1.53. The van der Waals surface area contributed by atoms with E-state index in [2.05, 4.69) is 10.3 Å². The largest absolute Gasteiger partial charge is 0.388 e. The summed E-state index contributed by atoms with van der Waals surface area (Å²) in [6, 6.07) is 3.89.